The summed E-state index contributed by atoms with van der Waals surface area (Å²) < 4.78 is 0. The monoisotopic (exact) mass is 277 g/mol. The molecule has 4 heteroatoms. The van der Waals surface area contributed by atoms with Gasteiger partial charge >= 0.3 is 0 Å². The van der Waals surface area contributed by atoms with Crippen molar-refractivity contribution >= 4 is 5.82 Å². The van der Waals surface area contributed by atoms with Gasteiger partial charge in [0.1, 0.15) is 5.82 Å². The van der Waals surface area contributed by atoms with Crippen LogP contribution in [0.4, 0.5) is 5.82 Å². The van der Waals surface area contributed by atoms with Crippen molar-refractivity contribution in [2.45, 2.75) is 51.6 Å². The number of piperidine rings is 1. The summed E-state index contributed by atoms with van der Waals surface area (Å²) in [5, 5.41) is 13.1. The lowest BCUT2D eigenvalue weighted by Gasteiger charge is -2.37. The maximum absolute atomic E-state index is 9.61. The molecule has 1 aliphatic rings. The van der Waals surface area contributed by atoms with Gasteiger partial charge in [-0.2, -0.15) is 0 Å². The van der Waals surface area contributed by atoms with Crippen molar-refractivity contribution in [2.75, 3.05) is 24.6 Å². The minimum atomic E-state index is 0.215. The molecule has 20 heavy (non-hydrogen) atoms. The summed E-state index contributed by atoms with van der Waals surface area (Å²) in [6, 6.07) is 4.66. The van der Waals surface area contributed by atoms with Gasteiger partial charge in [0.15, 0.2) is 0 Å². The lowest BCUT2D eigenvalue weighted by Crippen LogP contribution is -2.43. The Balaban J connectivity index is 2.21. The molecular weight excluding hydrogens is 250 g/mol. The molecule has 1 aromatic rings. The molecule has 1 saturated heterocycles. The van der Waals surface area contributed by atoms with Crippen LogP contribution >= 0.6 is 0 Å². The first-order chi connectivity index (χ1) is 9.77. The Morgan fingerprint density at radius 1 is 1.50 bits per heavy atom. The molecule has 2 rings (SSSR count). The highest BCUT2D eigenvalue weighted by Crippen LogP contribution is 2.29. The SMILES string of the molecule is CCCNC(C)c1cccnc1N1CCCCC1CO. The normalized spacial score (nSPS) is 20.9. The van der Waals surface area contributed by atoms with E-state index in [9.17, 15) is 5.11 Å². The van der Waals surface area contributed by atoms with Crippen LogP contribution in [0.1, 0.15) is 51.1 Å². The largest absolute Gasteiger partial charge is 0.394 e. The number of nitrogens with zero attached hydrogens (tertiary/aromatic N) is 2. The Hall–Kier alpha value is -1.13. The first kappa shape index (κ1) is 15.3. The number of rotatable bonds is 6. The molecule has 0 aliphatic carbocycles. The topological polar surface area (TPSA) is 48.4 Å². The number of hydrogen-bond donors (Lipinski definition) is 2. The molecule has 2 heterocycles. The first-order valence-electron chi connectivity index (χ1n) is 7.83. The Morgan fingerprint density at radius 2 is 2.35 bits per heavy atom. The summed E-state index contributed by atoms with van der Waals surface area (Å²) in [7, 11) is 0. The molecule has 1 aromatic heterocycles. The molecule has 112 valence electrons. The second kappa shape index (κ2) is 7.60. The lowest BCUT2D eigenvalue weighted by molar-refractivity contribution is 0.239. The maximum atomic E-state index is 9.61. The fraction of sp³-hybridized carbons (Fsp3) is 0.688. The predicted molar refractivity (Wildman–Crippen MR) is 83.0 cm³/mol. The van der Waals surface area contributed by atoms with Crippen molar-refractivity contribution in [2.24, 2.45) is 0 Å². The lowest BCUT2D eigenvalue weighted by atomic mass is 10.0. The molecule has 2 atom stereocenters. The molecule has 4 nitrogen and oxygen atoms in total. The summed E-state index contributed by atoms with van der Waals surface area (Å²) in [6.07, 6.45) is 6.43. The van der Waals surface area contributed by atoms with E-state index in [4.69, 9.17) is 0 Å². The fourth-order valence-corrected chi connectivity index (χ4v) is 2.93. The van der Waals surface area contributed by atoms with Crippen molar-refractivity contribution < 1.29 is 5.11 Å². The Bertz CT molecular complexity index is 410. The van der Waals surface area contributed by atoms with E-state index in [2.05, 4.69) is 35.1 Å². The highest BCUT2D eigenvalue weighted by atomic mass is 16.3. The Morgan fingerprint density at radius 3 is 3.10 bits per heavy atom. The quantitative estimate of drug-likeness (QED) is 0.839. The zero-order valence-corrected chi connectivity index (χ0v) is 12.7. The summed E-state index contributed by atoms with van der Waals surface area (Å²) >= 11 is 0. The van der Waals surface area contributed by atoms with Gasteiger partial charge in [0.25, 0.3) is 0 Å². The summed E-state index contributed by atoms with van der Waals surface area (Å²) in [6.45, 7) is 6.59. The van der Waals surface area contributed by atoms with Crippen molar-refractivity contribution in [3.05, 3.63) is 23.9 Å². The van der Waals surface area contributed by atoms with Crippen LogP contribution in [0.15, 0.2) is 18.3 Å². The van der Waals surface area contributed by atoms with Gasteiger partial charge in [-0.05, 0) is 45.2 Å². The number of aliphatic hydroxyl groups excluding tert-OH is 1. The third-order valence-electron chi connectivity index (χ3n) is 4.09. The highest BCUT2D eigenvalue weighted by molar-refractivity contribution is 5.49. The van der Waals surface area contributed by atoms with Gasteiger partial charge in [-0.25, -0.2) is 4.98 Å². The summed E-state index contributed by atoms with van der Waals surface area (Å²) in [5.41, 5.74) is 1.24. The Kier molecular flexibility index (Phi) is 5.80. The second-order valence-electron chi connectivity index (χ2n) is 5.62. The Labute approximate surface area is 122 Å². The molecule has 0 spiro atoms. The van der Waals surface area contributed by atoms with Gasteiger partial charge < -0.3 is 15.3 Å². The van der Waals surface area contributed by atoms with Gasteiger partial charge in [-0.3, -0.25) is 0 Å². The molecule has 2 N–H and O–H groups in total. The van der Waals surface area contributed by atoms with Crippen molar-refractivity contribution in [3.8, 4) is 0 Å². The zero-order valence-electron chi connectivity index (χ0n) is 12.7. The summed E-state index contributed by atoms with van der Waals surface area (Å²) in [5.74, 6) is 1.04. The molecule has 1 fully saturated rings. The third-order valence-corrected chi connectivity index (χ3v) is 4.09. The first-order valence-corrected chi connectivity index (χ1v) is 7.83. The van der Waals surface area contributed by atoms with Gasteiger partial charge in [0.05, 0.1) is 12.6 Å². The second-order valence-corrected chi connectivity index (χ2v) is 5.62. The minimum absolute atomic E-state index is 0.215. The number of anilines is 1. The molecular formula is C16H27N3O. The van der Waals surface area contributed by atoms with Crippen LogP contribution in [0, 0.1) is 0 Å². The van der Waals surface area contributed by atoms with Crippen LogP contribution in [0.25, 0.3) is 0 Å². The van der Waals surface area contributed by atoms with Crippen LogP contribution in [0.5, 0.6) is 0 Å². The van der Waals surface area contributed by atoms with Crippen molar-refractivity contribution in [1.82, 2.24) is 10.3 Å². The van der Waals surface area contributed by atoms with E-state index in [-0.39, 0.29) is 12.6 Å². The van der Waals surface area contributed by atoms with Crippen molar-refractivity contribution in [1.29, 1.82) is 0 Å². The van der Waals surface area contributed by atoms with Gasteiger partial charge in [0, 0.05) is 24.3 Å². The van der Waals surface area contributed by atoms with Crippen LogP contribution in [0.2, 0.25) is 0 Å². The van der Waals surface area contributed by atoms with Crippen LogP contribution < -0.4 is 10.2 Å². The van der Waals surface area contributed by atoms with Gasteiger partial charge in [-0.1, -0.05) is 13.0 Å². The van der Waals surface area contributed by atoms with E-state index in [0.717, 1.165) is 31.7 Å². The van der Waals surface area contributed by atoms with E-state index in [1.54, 1.807) is 0 Å². The van der Waals surface area contributed by atoms with Crippen LogP contribution in [0.3, 0.4) is 0 Å². The van der Waals surface area contributed by atoms with Crippen LogP contribution in [-0.4, -0.2) is 35.8 Å². The minimum Gasteiger partial charge on any atom is -0.394 e. The third kappa shape index (κ3) is 3.49. The van der Waals surface area contributed by atoms with Gasteiger partial charge in [-0.15, -0.1) is 0 Å². The van der Waals surface area contributed by atoms with Crippen LogP contribution in [-0.2, 0) is 0 Å². The molecule has 0 bridgehead atoms. The maximum Gasteiger partial charge on any atom is 0.133 e. The van der Waals surface area contributed by atoms with E-state index in [1.807, 2.05) is 12.3 Å². The highest BCUT2D eigenvalue weighted by Gasteiger charge is 2.25. The van der Waals surface area contributed by atoms with E-state index in [0.29, 0.717) is 6.04 Å². The van der Waals surface area contributed by atoms with Crippen molar-refractivity contribution in [3.63, 3.8) is 0 Å². The van der Waals surface area contributed by atoms with E-state index >= 15 is 0 Å². The fourth-order valence-electron chi connectivity index (χ4n) is 2.93. The standard InChI is InChI=1S/C16H27N3O/c1-3-9-17-13(2)15-8-6-10-18-16(15)19-11-5-4-7-14(19)12-20/h6,8,10,13-14,17,20H,3-5,7,9,11-12H2,1-2H3. The predicted octanol–water partition coefficient (Wildman–Crippen LogP) is 2.49. The molecule has 1 aliphatic heterocycles. The van der Waals surface area contributed by atoms with Gasteiger partial charge in [0.2, 0.25) is 0 Å². The smallest absolute Gasteiger partial charge is 0.133 e. The average Bonchev–Trinajstić information content (AvgIpc) is 2.52. The molecule has 0 aromatic carbocycles. The molecule has 0 saturated carbocycles. The number of nitrogens with one attached hydrogen (secondary N) is 1. The van der Waals surface area contributed by atoms with E-state index in [1.165, 1.54) is 18.4 Å². The summed E-state index contributed by atoms with van der Waals surface area (Å²) in [4.78, 5) is 6.90. The zero-order chi connectivity index (χ0) is 14.4. The number of aromatic nitrogens is 1. The molecule has 2 unspecified atom stereocenters. The van der Waals surface area contributed by atoms with E-state index < -0.39 is 0 Å². The number of aliphatic hydroxyl groups is 1. The average molecular weight is 277 g/mol. The number of hydrogen-bond acceptors (Lipinski definition) is 4. The number of pyridine rings is 1. The molecule has 0 amide bonds. The molecule has 0 radical (unpaired) electrons.